The molecule has 106 valence electrons. The molecule has 1 unspecified atom stereocenters. The summed E-state index contributed by atoms with van der Waals surface area (Å²) in [7, 11) is 0. The van der Waals surface area contributed by atoms with Crippen molar-refractivity contribution in [3.63, 3.8) is 0 Å². The summed E-state index contributed by atoms with van der Waals surface area (Å²) in [6.45, 7) is 7.03. The quantitative estimate of drug-likeness (QED) is 0.618. The molecule has 0 saturated heterocycles. The van der Waals surface area contributed by atoms with E-state index in [1.165, 1.54) is 30.4 Å². The normalized spacial score (nSPS) is 13.2. The minimum absolute atomic E-state index is 0.104. The Morgan fingerprint density at radius 1 is 0.800 bits per heavy atom. The third-order valence-corrected chi connectivity index (χ3v) is 4.69. The van der Waals surface area contributed by atoms with Crippen molar-refractivity contribution >= 4 is 0 Å². The highest BCUT2D eigenvalue weighted by Crippen LogP contribution is 2.42. The molecular weight excluding hydrogens is 240 g/mol. The summed E-state index contributed by atoms with van der Waals surface area (Å²) < 4.78 is 0. The Balaban J connectivity index is 2.54. The lowest BCUT2D eigenvalue weighted by molar-refractivity contribution is 0.311. The van der Waals surface area contributed by atoms with Gasteiger partial charge in [-0.1, -0.05) is 94.3 Å². The highest BCUT2D eigenvalue weighted by molar-refractivity contribution is 5.39. The molecule has 0 amide bonds. The van der Waals surface area contributed by atoms with Crippen molar-refractivity contribution in [3.05, 3.63) is 71.8 Å². The molecule has 0 aliphatic heterocycles. The fourth-order valence-electron chi connectivity index (χ4n) is 3.46. The zero-order valence-corrected chi connectivity index (χ0v) is 13.0. The standard InChI is InChI=1S/C20H26/c1-4-12-17(5-2)20(3,18-13-8-6-9-14-18)19-15-10-7-11-16-19/h6-11,13-17H,4-5,12H2,1-3H3. The summed E-state index contributed by atoms with van der Waals surface area (Å²) in [5.41, 5.74) is 2.98. The Morgan fingerprint density at radius 3 is 1.60 bits per heavy atom. The van der Waals surface area contributed by atoms with Gasteiger partial charge in [0.05, 0.1) is 0 Å². The van der Waals surface area contributed by atoms with Crippen molar-refractivity contribution in [3.8, 4) is 0 Å². The van der Waals surface area contributed by atoms with Crippen molar-refractivity contribution < 1.29 is 0 Å². The van der Waals surface area contributed by atoms with E-state index in [1.54, 1.807) is 0 Å². The lowest BCUT2D eigenvalue weighted by Gasteiger charge is -2.39. The minimum Gasteiger partial charge on any atom is -0.0654 e. The van der Waals surface area contributed by atoms with E-state index in [-0.39, 0.29) is 5.41 Å². The zero-order valence-electron chi connectivity index (χ0n) is 13.0. The smallest absolute Gasteiger partial charge is 0.0202 e. The summed E-state index contributed by atoms with van der Waals surface area (Å²) in [4.78, 5) is 0. The average Bonchev–Trinajstić information content (AvgIpc) is 2.53. The first-order valence-electron chi connectivity index (χ1n) is 7.84. The van der Waals surface area contributed by atoms with Crippen LogP contribution in [0.1, 0.15) is 51.2 Å². The van der Waals surface area contributed by atoms with Gasteiger partial charge in [-0.05, 0) is 23.5 Å². The Hall–Kier alpha value is -1.56. The summed E-state index contributed by atoms with van der Waals surface area (Å²) in [5, 5.41) is 0. The van der Waals surface area contributed by atoms with Gasteiger partial charge in [0.25, 0.3) is 0 Å². The van der Waals surface area contributed by atoms with Crippen LogP contribution in [0, 0.1) is 5.92 Å². The second-order valence-corrected chi connectivity index (χ2v) is 5.83. The molecule has 0 fully saturated rings. The van der Waals surface area contributed by atoms with Crippen LogP contribution in [0.2, 0.25) is 0 Å². The Bertz CT molecular complexity index is 459. The molecule has 0 radical (unpaired) electrons. The van der Waals surface area contributed by atoms with E-state index in [0.717, 1.165) is 0 Å². The van der Waals surface area contributed by atoms with Gasteiger partial charge in [0.15, 0.2) is 0 Å². The Kier molecular flexibility index (Phi) is 5.00. The predicted octanol–water partition coefficient (Wildman–Crippen LogP) is 5.82. The van der Waals surface area contributed by atoms with Gasteiger partial charge in [0.1, 0.15) is 0 Å². The largest absolute Gasteiger partial charge is 0.0654 e. The maximum Gasteiger partial charge on any atom is 0.0202 e. The SMILES string of the molecule is CCCC(CC)C(C)(c1ccccc1)c1ccccc1. The van der Waals surface area contributed by atoms with E-state index < -0.39 is 0 Å². The maximum absolute atomic E-state index is 2.42. The van der Waals surface area contributed by atoms with Crippen molar-refractivity contribution in [2.45, 2.75) is 45.4 Å². The van der Waals surface area contributed by atoms with Gasteiger partial charge in [0, 0.05) is 5.41 Å². The molecule has 0 aliphatic rings. The molecule has 0 bridgehead atoms. The van der Waals surface area contributed by atoms with Crippen LogP contribution in [0.25, 0.3) is 0 Å². The van der Waals surface area contributed by atoms with Crippen molar-refractivity contribution in [2.75, 3.05) is 0 Å². The molecule has 0 nitrogen and oxygen atoms in total. The highest BCUT2D eigenvalue weighted by atomic mass is 14.4. The van der Waals surface area contributed by atoms with Crippen molar-refractivity contribution in [2.24, 2.45) is 5.92 Å². The van der Waals surface area contributed by atoms with Gasteiger partial charge < -0.3 is 0 Å². The monoisotopic (exact) mass is 266 g/mol. The average molecular weight is 266 g/mol. The predicted molar refractivity (Wildman–Crippen MR) is 88.0 cm³/mol. The fraction of sp³-hybridized carbons (Fsp3) is 0.400. The summed E-state index contributed by atoms with van der Waals surface area (Å²) >= 11 is 0. The first kappa shape index (κ1) is 14.8. The first-order valence-corrected chi connectivity index (χ1v) is 7.84. The summed E-state index contributed by atoms with van der Waals surface area (Å²) in [6.07, 6.45) is 3.73. The van der Waals surface area contributed by atoms with Gasteiger partial charge in [-0.2, -0.15) is 0 Å². The van der Waals surface area contributed by atoms with Crippen LogP contribution in [0.3, 0.4) is 0 Å². The molecule has 2 rings (SSSR count). The third kappa shape index (κ3) is 2.80. The molecule has 0 N–H and O–H groups in total. The molecule has 0 aromatic heterocycles. The Labute approximate surface area is 123 Å². The number of rotatable bonds is 6. The molecule has 1 atom stereocenters. The molecule has 2 aromatic carbocycles. The van der Waals surface area contributed by atoms with Crippen LogP contribution >= 0.6 is 0 Å². The fourth-order valence-corrected chi connectivity index (χ4v) is 3.46. The molecule has 0 aliphatic carbocycles. The van der Waals surface area contributed by atoms with Crippen LogP contribution in [-0.2, 0) is 5.41 Å². The van der Waals surface area contributed by atoms with E-state index in [2.05, 4.69) is 81.4 Å². The molecule has 2 aromatic rings. The van der Waals surface area contributed by atoms with Crippen LogP contribution in [0.15, 0.2) is 60.7 Å². The van der Waals surface area contributed by atoms with Crippen LogP contribution in [-0.4, -0.2) is 0 Å². The van der Waals surface area contributed by atoms with Crippen molar-refractivity contribution in [1.82, 2.24) is 0 Å². The summed E-state index contributed by atoms with van der Waals surface area (Å²) in [5.74, 6) is 0.678. The molecule has 0 heteroatoms. The molecule has 0 spiro atoms. The van der Waals surface area contributed by atoms with Gasteiger partial charge in [-0.25, -0.2) is 0 Å². The first-order chi connectivity index (χ1) is 9.73. The number of hydrogen-bond acceptors (Lipinski definition) is 0. The van der Waals surface area contributed by atoms with Gasteiger partial charge in [-0.15, -0.1) is 0 Å². The maximum atomic E-state index is 2.42. The number of hydrogen-bond donors (Lipinski definition) is 0. The van der Waals surface area contributed by atoms with Crippen LogP contribution in [0.4, 0.5) is 0 Å². The Morgan fingerprint density at radius 2 is 1.25 bits per heavy atom. The molecule has 20 heavy (non-hydrogen) atoms. The van der Waals surface area contributed by atoms with Gasteiger partial charge >= 0.3 is 0 Å². The lowest BCUT2D eigenvalue weighted by atomic mass is 9.65. The minimum atomic E-state index is 0.104. The van der Waals surface area contributed by atoms with E-state index in [9.17, 15) is 0 Å². The molecule has 0 heterocycles. The molecule has 0 saturated carbocycles. The zero-order chi connectivity index (χ0) is 14.4. The third-order valence-electron chi connectivity index (χ3n) is 4.69. The molecular formula is C20H26. The van der Waals surface area contributed by atoms with E-state index in [0.29, 0.717) is 5.92 Å². The van der Waals surface area contributed by atoms with Gasteiger partial charge in [0.2, 0.25) is 0 Å². The van der Waals surface area contributed by atoms with Crippen LogP contribution < -0.4 is 0 Å². The van der Waals surface area contributed by atoms with E-state index in [4.69, 9.17) is 0 Å². The lowest BCUT2D eigenvalue weighted by Crippen LogP contribution is -2.33. The topological polar surface area (TPSA) is 0 Å². The van der Waals surface area contributed by atoms with Crippen LogP contribution in [0.5, 0.6) is 0 Å². The van der Waals surface area contributed by atoms with E-state index >= 15 is 0 Å². The second kappa shape index (κ2) is 6.74. The summed E-state index contributed by atoms with van der Waals surface area (Å²) in [6, 6.07) is 22.0. The second-order valence-electron chi connectivity index (χ2n) is 5.83. The van der Waals surface area contributed by atoms with Gasteiger partial charge in [-0.3, -0.25) is 0 Å². The van der Waals surface area contributed by atoms with Crippen molar-refractivity contribution in [1.29, 1.82) is 0 Å². The van der Waals surface area contributed by atoms with E-state index in [1.807, 2.05) is 0 Å². The highest BCUT2D eigenvalue weighted by Gasteiger charge is 2.35. The number of benzene rings is 2.